The summed E-state index contributed by atoms with van der Waals surface area (Å²) in [6.07, 6.45) is 10.1. The molecule has 0 spiro atoms. The molecular weight excluding hydrogens is 408 g/mol. The largest absolute Gasteiger partial charge is 0.359 e. The maximum Gasteiger partial charge on any atom is 0.217 e. The summed E-state index contributed by atoms with van der Waals surface area (Å²) in [6.45, 7) is 2.67. The van der Waals surface area contributed by atoms with Crippen molar-refractivity contribution < 1.29 is 4.79 Å². The van der Waals surface area contributed by atoms with Gasteiger partial charge in [-0.1, -0.05) is 36.7 Å². The molecule has 1 aliphatic rings. The number of carbonyl (C=O) groups is 1. The summed E-state index contributed by atoms with van der Waals surface area (Å²) < 4.78 is 3.26. The van der Waals surface area contributed by atoms with Crippen molar-refractivity contribution in [3.63, 3.8) is 0 Å². The molecule has 1 saturated carbocycles. The molecule has 0 bridgehead atoms. The van der Waals surface area contributed by atoms with Gasteiger partial charge in [0.2, 0.25) is 5.91 Å². The number of thiazole rings is 1. The van der Waals surface area contributed by atoms with Crippen molar-refractivity contribution in [1.29, 1.82) is 0 Å². The number of anilines is 1. The van der Waals surface area contributed by atoms with E-state index in [1.54, 1.807) is 17.5 Å². The Morgan fingerprint density at radius 2 is 2.00 bits per heavy atom. The SMILES string of the molecule is CC(=O)NCc1cnc2c(c1)ncn2Cc1ccc2nc(NC3CCCCC3)sc2c1. The smallest absolute Gasteiger partial charge is 0.217 e. The Balaban J connectivity index is 1.32. The molecule has 1 fully saturated rings. The van der Waals surface area contributed by atoms with E-state index in [-0.39, 0.29) is 5.91 Å². The van der Waals surface area contributed by atoms with Gasteiger partial charge in [0, 0.05) is 25.7 Å². The summed E-state index contributed by atoms with van der Waals surface area (Å²) in [6, 6.07) is 8.99. The van der Waals surface area contributed by atoms with Crippen LogP contribution in [-0.2, 0) is 17.9 Å². The van der Waals surface area contributed by atoms with E-state index in [0.717, 1.165) is 27.4 Å². The van der Waals surface area contributed by atoms with Gasteiger partial charge in [-0.2, -0.15) is 0 Å². The highest BCUT2D eigenvalue weighted by Crippen LogP contribution is 2.30. The van der Waals surface area contributed by atoms with Gasteiger partial charge in [-0.15, -0.1) is 0 Å². The molecule has 31 heavy (non-hydrogen) atoms. The summed E-state index contributed by atoms with van der Waals surface area (Å²) in [5.41, 5.74) is 4.86. The number of imidazole rings is 1. The molecule has 1 aromatic carbocycles. The highest BCUT2D eigenvalue weighted by atomic mass is 32.1. The van der Waals surface area contributed by atoms with Crippen molar-refractivity contribution in [3.8, 4) is 0 Å². The lowest BCUT2D eigenvalue weighted by molar-refractivity contribution is -0.119. The van der Waals surface area contributed by atoms with Crippen molar-refractivity contribution in [2.24, 2.45) is 0 Å². The zero-order chi connectivity index (χ0) is 21.2. The van der Waals surface area contributed by atoms with Gasteiger partial charge in [0.05, 0.1) is 23.1 Å². The highest BCUT2D eigenvalue weighted by molar-refractivity contribution is 7.22. The number of benzene rings is 1. The topological polar surface area (TPSA) is 84.7 Å². The van der Waals surface area contributed by atoms with Crippen LogP contribution in [-0.4, -0.2) is 31.5 Å². The molecule has 160 valence electrons. The second-order valence-corrected chi connectivity index (χ2v) is 9.30. The summed E-state index contributed by atoms with van der Waals surface area (Å²) >= 11 is 1.73. The third kappa shape index (κ3) is 4.54. The van der Waals surface area contributed by atoms with Gasteiger partial charge in [-0.3, -0.25) is 4.79 Å². The van der Waals surface area contributed by atoms with E-state index in [4.69, 9.17) is 4.98 Å². The van der Waals surface area contributed by atoms with E-state index < -0.39 is 0 Å². The second-order valence-electron chi connectivity index (χ2n) is 8.27. The van der Waals surface area contributed by atoms with Gasteiger partial charge >= 0.3 is 0 Å². The second kappa shape index (κ2) is 8.63. The van der Waals surface area contributed by atoms with Crippen LogP contribution in [0.3, 0.4) is 0 Å². The van der Waals surface area contributed by atoms with Gasteiger partial charge in [0.15, 0.2) is 10.8 Å². The van der Waals surface area contributed by atoms with Gasteiger partial charge in [0.1, 0.15) is 5.52 Å². The van der Waals surface area contributed by atoms with Crippen LogP contribution in [0.15, 0.2) is 36.8 Å². The quantitative estimate of drug-likeness (QED) is 0.468. The molecule has 1 aliphatic carbocycles. The number of hydrogen-bond donors (Lipinski definition) is 2. The number of nitrogens with one attached hydrogen (secondary N) is 2. The molecule has 8 heteroatoms. The molecule has 0 saturated heterocycles. The van der Waals surface area contributed by atoms with E-state index in [0.29, 0.717) is 19.1 Å². The maximum absolute atomic E-state index is 11.1. The minimum Gasteiger partial charge on any atom is -0.359 e. The first-order valence-electron chi connectivity index (χ1n) is 10.8. The fourth-order valence-electron chi connectivity index (χ4n) is 4.18. The fraction of sp³-hybridized carbons (Fsp3) is 0.391. The molecule has 0 unspecified atom stereocenters. The molecular formula is C23H26N6OS. The van der Waals surface area contributed by atoms with Crippen LogP contribution in [0, 0.1) is 0 Å². The number of hydrogen-bond acceptors (Lipinski definition) is 6. The third-order valence-corrected chi connectivity index (χ3v) is 6.74. The van der Waals surface area contributed by atoms with Crippen molar-refractivity contribution in [1.82, 2.24) is 24.8 Å². The minimum absolute atomic E-state index is 0.0545. The number of fused-ring (bicyclic) bond motifs is 2. The van der Waals surface area contributed by atoms with Gasteiger partial charge in [-0.25, -0.2) is 15.0 Å². The lowest BCUT2D eigenvalue weighted by atomic mass is 9.96. The molecule has 0 aliphatic heterocycles. The number of rotatable bonds is 6. The van der Waals surface area contributed by atoms with E-state index in [9.17, 15) is 4.79 Å². The van der Waals surface area contributed by atoms with Crippen LogP contribution in [0.4, 0.5) is 5.13 Å². The molecule has 2 N–H and O–H groups in total. The lowest BCUT2D eigenvalue weighted by Gasteiger charge is -2.22. The fourth-order valence-corrected chi connectivity index (χ4v) is 5.18. The number of pyridine rings is 1. The van der Waals surface area contributed by atoms with Crippen molar-refractivity contribution in [2.45, 2.75) is 58.2 Å². The van der Waals surface area contributed by atoms with E-state index >= 15 is 0 Å². The third-order valence-electron chi connectivity index (χ3n) is 5.79. The predicted octanol–water partition coefficient (Wildman–Crippen LogP) is 4.47. The first kappa shape index (κ1) is 19.9. The molecule has 3 aromatic heterocycles. The Morgan fingerprint density at radius 1 is 1.13 bits per heavy atom. The summed E-state index contributed by atoms with van der Waals surface area (Å²) in [7, 11) is 0. The van der Waals surface area contributed by atoms with E-state index in [1.165, 1.54) is 49.3 Å². The van der Waals surface area contributed by atoms with Crippen LogP contribution < -0.4 is 10.6 Å². The van der Waals surface area contributed by atoms with Crippen molar-refractivity contribution in [2.75, 3.05) is 5.32 Å². The summed E-state index contributed by atoms with van der Waals surface area (Å²) in [5.74, 6) is -0.0545. The normalized spacial score (nSPS) is 14.9. The number of aromatic nitrogens is 4. The molecule has 4 aromatic rings. The number of nitrogens with zero attached hydrogens (tertiary/aromatic N) is 4. The molecule has 0 atom stereocenters. The number of amides is 1. The first-order chi connectivity index (χ1) is 15.1. The first-order valence-corrected chi connectivity index (χ1v) is 11.7. The Kier molecular flexibility index (Phi) is 5.55. The highest BCUT2D eigenvalue weighted by Gasteiger charge is 2.15. The summed E-state index contributed by atoms with van der Waals surface area (Å²) in [4.78, 5) is 25.0. The van der Waals surface area contributed by atoms with Crippen LogP contribution in [0.25, 0.3) is 21.4 Å². The molecule has 0 radical (unpaired) electrons. The minimum atomic E-state index is -0.0545. The monoisotopic (exact) mass is 434 g/mol. The van der Waals surface area contributed by atoms with Crippen LogP contribution in [0.2, 0.25) is 0 Å². The zero-order valence-corrected chi connectivity index (χ0v) is 18.4. The Morgan fingerprint density at radius 3 is 2.84 bits per heavy atom. The average molecular weight is 435 g/mol. The van der Waals surface area contributed by atoms with Gasteiger partial charge in [-0.05, 0) is 42.2 Å². The predicted molar refractivity (Wildman–Crippen MR) is 124 cm³/mol. The zero-order valence-electron chi connectivity index (χ0n) is 17.6. The average Bonchev–Trinajstić information content (AvgIpc) is 3.36. The van der Waals surface area contributed by atoms with E-state index in [1.807, 2.05) is 12.4 Å². The Labute approximate surface area is 184 Å². The Hall–Kier alpha value is -3.00. The Bertz CT molecular complexity index is 1220. The molecule has 7 nitrogen and oxygen atoms in total. The molecule has 1 amide bonds. The van der Waals surface area contributed by atoms with Gasteiger partial charge in [0.25, 0.3) is 0 Å². The van der Waals surface area contributed by atoms with Crippen LogP contribution in [0.1, 0.15) is 50.2 Å². The maximum atomic E-state index is 11.1. The molecule has 3 heterocycles. The van der Waals surface area contributed by atoms with E-state index in [2.05, 4.69) is 43.4 Å². The summed E-state index contributed by atoms with van der Waals surface area (Å²) in [5, 5.41) is 7.46. The molecule has 5 rings (SSSR count). The van der Waals surface area contributed by atoms with Crippen LogP contribution >= 0.6 is 11.3 Å². The standard InChI is InChI=1S/C23H26N6OS/c1-15(30)24-11-17-9-20-22(25-12-17)29(14-26-20)13-16-7-8-19-21(10-16)31-23(28-19)27-18-5-3-2-4-6-18/h7-10,12,14,18H,2-6,11,13H2,1H3,(H,24,30)(H,27,28). The number of carbonyl (C=O) groups excluding carboxylic acids is 1. The van der Waals surface area contributed by atoms with Crippen molar-refractivity contribution in [3.05, 3.63) is 47.9 Å². The lowest BCUT2D eigenvalue weighted by Crippen LogP contribution is -2.21. The van der Waals surface area contributed by atoms with Crippen LogP contribution in [0.5, 0.6) is 0 Å². The van der Waals surface area contributed by atoms with Crippen molar-refractivity contribution >= 4 is 43.8 Å². The van der Waals surface area contributed by atoms with Gasteiger partial charge < -0.3 is 15.2 Å².